The fourth-order valence-corrected chi connectivity index (χ4v) is 2.59. The molecule has 1 saturated carbocycles. The van der Waals surface area contributed by atoms with E-state index in [1.807, 2.05) is 6.07 Å². The van der Waals surface area contributed by atoms with E-state index in [2.05, 4.69) is 4.98 Å². The van der Waals surface area contributed by atoms with Gasteiger partial charge in [0.1, 0.15) is 0 Å². The van der Waals surface area contributed by atoms with Crippen molar-refractivity contribution in [3.63, 3.8) is 0 Å². The number of aliphatic hydroxyl groups excluding tert-OH is 1. The van der Waals surface area contributed by atoms with Crippen LogP contribution in [0.5, 0.6) is 0 Å². The number of nitrogens with zero attached hydrogens (tertiary/aromatic N) is 1. The third kappa shape index (κ3) is 2.70. The molecule has 0 saturated heterocycles. The van der Waals surface area contributed by atoms with E-state index < -0.39 is 6.10 Å². The van der Waals surface area contributed by atoms with E-state index in [9.17, 15) is 5.11 Å². The number of rotatable bonds is 3. The molecule has 15 heavy (non-hydrogen) atoms. The second kappa shape index (κ2) is 4.95. The van der Waals surface area contributed by atoms with Gasteiger partial charge in [-0.15, -0.1) is 0 Å². The van der Waals surface area contributed by atoms with Crippen molar-refractivity contribution in [2.75, 3.05) is 0 Å². The highest BCUT2D eigenvalue weighted by molar-refractivity contribution is 6.31. The summed E-state index contributed by atoms with van der Waals surface area (Å²) in [7, 11) is 0. The fraction of sp³-hybridized carbons (Fsp3) is 0.583. The first-order valence-corrected chi connectivity index (χ1v) is 5.92. The summed E-state index contributed by atoms with van der Waals surface area (Å²) in [5, 5.41) is 10.6. The van der Waals surface area contributed by atoms with E-state index in [1.54, 1.807) is 12.4 Å². The van der Waals surface area contributed by atoms with Crippen molar-refractivity contribution in [2.45, 2.75) is 38.2 Å². The Morgan fingerprint density at radius 3 is 2.87 bits per heavy atom. The summed E-state index contributed by atoms with van der Waals surface area (Å²) in [6, 6.07) is 1.81. The van der Waals surface area contributed by atoms with Crippen LogP contribution in [-0.4, -0.2) is 10.1 Å². The van der Waals surface area contributed by atoms with Crippen LogP contribution in [-0.2, 0) is 0 Å². The van der Waals surface area contributed by atoms with E-state index in [1.165, 1.54) is 25.7 Å². The molecular weight excluding hydrogens is 210 g/mol. The standard InChI is InChI=1S/C12H16ClNO/c13-11-8-14-6-5-10(11)12(15)7-9-3-1-2-4-9/h5-6,8-9,12,15H,1-4,7H2. The molecule has 1 N–H and O–H groups in total. The van der Waals surface area contributed by atoms with Gasteiger partial charge in [0, 0.05) is 18.0 Å². The summed E-state index contributed by atoms with van der Waals surface area (Å²) in [6.45, 7) is 0. The lowest BCUT2D eigenvalue weighted by Gasteiger charge is -2.16. The molecule has 0 bridgehead atoms. The summed E-state index contributed by atoms with van der Waals surface area (Å²) < 4.78 is 0. The van der Waals surface area contributed by atoms with Crippen LogP contribution in [0.2, 0.25) is 5.02 Å². The van der Waals surface area contributed by atoms with Crippen molar-refractivity contribution < 1.29 is 5.11 Å². The molecular formula is C12H16ClNO. The van der Waals surface area contributed by atoms with Crippen molar-refractivity contribution in [1.29, 1.82) is 0 Å². The molecule has 1 aliphatic rings. The van der Waals surface area contributed by atoms with Gasteiger partial charge in [0.25, 0.3) is 0 Å². The quantitative estimate of drug-likeness (QED) is 0.856. The normalized spacial score (nSPS) is 19.3. The van der Waals surface area contributed by atoms with Crippen molar-refractivity contribution in [3.8, 4) is 0 Å². The Bertz CT molecular complexity index is 323. The second-order valence-electron chi connectivity index (χ2n) is 4.30. The summed E-state index contributed by atoms with van der Waals surface area (Å²) in [6.07, 6.45) is 8.80. The lowest BCUT2D eigenvalue weighted by atomic mass is 9.96. The molecule has 0 radical (unpaired) electrons. The third-order valence-corrected chi connectivity index (χ3v) is 3.51. The minimum absolute atomic E-state index is 0.427. The van der Waals surface area contributed by atoms with Crippen molar-refractivity contribution in [2.24, 2.45) is 5.92 Å². The van der Waals surface area contributed by atoms with Crippen LogP contribution < -0.4 is 0 Å². The SMILES string of the molecule is OC(CC1CCCC1)c1ccncc1Cl. The first-order chi connectivity index (χ1) is 7.27. The molecule has 2 rings (SSSR count). The zero-order chi connectivity index (χ0) is 10.7. The minimum Gasteiger partial charge on any atom is -0.388 e. The van der Waals surface area contributed by atoms with Crippen molar-refractivity contribution in [1.82, 2.24) is 4.98 Å². The Hall–Kier alpha value is -0.600. The molecule has 3 heteroatoms. The van der Waals surface area contributed by atoms with E-state index >= 15 is 0 Å². The fourth-order valence-electron chi connectivity index (χ4n) is 2.34. The van der Waals surface area contributed by atoms with E-state index in [-0.39, 0.29) is 0 Å². The van der Waals surface area contributed by atoms with Crippen LogP contribution in [0, 0.1) is 5.92 Å². The molecule has 1 atom stereocenters. The predicted molar refractivity (Wildman–Crippen MR) is 60.8 cm³/mol. The Kier molecular flexibility index (Phi) is 3.60. The Balaban J connectivity index is 2.00. The molecule has 82 valence electrons. The van der Waals surface area contributed by atoms with E-state index in [4.69, 9.17) is 11.6 Å². The molecule has 1 heterocycles. The Morgan fingerprint density at radius 2 is 2.20 bits per heavy atom. The zero-order valence-corrected chi connectivity index (χ0v) is 9.45. The lowest BCUT2D eigenvalue weighted by molar-refractivity contribution is 0.145. The molecule has 1 unspecified atom stereocenters. The summed E-state index contributed by atoms with van der Waals surface area (Å²) in [5.41, 5.74) is 0.818. The highest BCUT2D eigenvalue weighted by Crippen LogP contribution is 2.34. The largest absolute Gasteiger partial charge is 0.388 e. The Labute approximate surface area is 95.3 Å². The van der Waals surface area contributed by atoms with Crippen molar-refractivity contribution >= 4 is 11.6 Å². The van der Waals surface area contributed by atoms with Gasteiger partial charge in [-0.05, 0) is 18.4 Å². The van der Waals surface area contributed by atoms with Gasteiger partial charge in [-0.3, -0.25) is 4.98 Å². The molecule has 0 aromatic carbocycles. The Morgan fingerprint density at radius 1 is 1.47 bits per heavy atom. The first kappa shape index (κ1) is 10.9. The maximum atomic E-state index is 10.0. The van der Waals surface area contributed by atoms with Gasteiger partial charge in [-0.2, -0.15) is 0 Å². The van der Waals surface area contributed by atoms with Gasteiger partial charge in [-0.1, -0.05) is 37.3 Å². The van der Waals surface area contributed by atoms with Gasteiger partial charge >= 0.3 is 0 Å². The topological polar surface area (TPSA) is 33.1 Å². The molecule has 0 spiro atoms. The summed E-state index contributed by atoms with van der Waals surface area (Å²) >= 11 is 5.98. The van der Waals surface area contributed by atoms with Crippen LogP contribution in [0.1, 0.15) is 43.8 Å². The number of aliphatic hydroxyl groups is 1. The summed E-state index contributed by atoms with van der Waals surface area (Å²) in [5.74, 6) is 0.671. The van der Waals surface area contributed by atoms with Crippen LogP contribution in [0.4, 0.5) is 0 Å². The highest BCUT2D eigenvalue weighted by Gasteiger charge is 2.20. The highest BCUT2D eigenvalue weighted by atomic mass is 35.5. The van der Waals surface area contributed by atoms with E-state index in [0.717, 1.165) is 12.0 Å². The molecule has 1 fully saturated rings. The molecule has 0 amide bonds. The molecule has 0 aliphatic heterocycles. The first-order valence-electron chi connectivity index (χ1n) is 5.55. The third-order valence-electron chi connectivity index (χ3n) is 3.19. The average molecular weight is 226 g/mol. The number of hydrogen-bond donors (Lipinski definition) is 1. The van der Waals surface area contributed by atoms with Crippen LogP contribution in [0.15, 0.2) is 18.5 Å². The number of hydrogen-bond acceptors (Lipinski definition) is 2. The monoisotopic (exact) mass is 225 g/mol. The van der Waals surface area contributed by atoms with Crippen molar-refractivity contribution in [3.05, 3.63) is 29.0 Å². The maximum Gasteiger partial charge on any atom is 0.0808 e. The zero-order valence-electron chi connectivity index (χ0n) is 8.69. The molecule has 2 nitrogen and oxygen atoms in total. The number of aromatic nitrogens is 1. The lowest BCUT2D eigenvalue weighted by Crippen LogP contribution is -2.05. The smallest absolute Gasteiger partial charge is 0.0808 e. The number of pyridine rings is 1. The molecule has 1 aromatic heterocycles. The second-order valence-corrected chi connectivity index (χ2v) is 4.71. The average Bonchev–Trinajstić information content (AvgIpc) is 2.71. The van der Waals surface area contributed by atoms with Gasteiger partial charge in [0.2, 0.25) is 0 Å². The van der Waals surface area contributed by atoms with Crippen LogP contribution >= 0.6 is 11.6 Å². The maximum absolute atomic E-state index is 10.0. The van der Waals surface area contributed by atoms with Gasteiger partial charge in [0.15, 0.2) is 0 Å². The predicted octanol–water partition coefficient (Wildman–Crippen LogP) is 3.35. The van der Waals surface area contributed by atoms with Crippen LogP contribution in [0.3, 0.4) is 0 Å². The minimum atomic E-state index is -0.427. The van der Waals surface area contributed by atoms with Gasteiger partial charge in [0.05, 0.1) is 11.1 Å². The van der Waals surface area contributed by atoms with Gasteiger partial charge < -0.3 is 5.11 Å². The molecule has 1 aromatic rings. The van der Waals surface area contributed by atoms with Crippen LogP contribution in [0.25, 0.3) is 0 Å². The summed E-state index contributed by atoms with van der Waals surface area (Å²) in [4.78, 5) is 3.92. The van der Waals surface area contributed by atoms with Gasteiger partial charge in [-0.25, -0.2) is 0 Å². The number of halogens is 1. The molecule has 1 aliphatic carbocycles. The van der Waals surface area contributed by atoms with E-state index in [0.29, 0.717) is 10.9 Å².